The van der Waals surface area contributed by atoms with Crippen LogP contribution in [0, 0.1) is 0 Å². The van der Waals surface area contributed by atoms with Gasteiger partial charge >= 0.3 is 6.18 Å². The van der Waals surface area contributed by atoms with Crippen LogP contribution in [-0.4, -0.2) is 4.98 Å². The molecule has 0 bridgehead atoms. The number of anilines is 1. The van der Waals surface area contributed by atoms with Crippen molar-refractivity contribution in [3.05, 3.63) is 46.4 Å². The highest BCUT2D eigenvalue weighted by atomic mass is 79.9. The summed E-state index contributed by atoms with van der Waals surface area (Å²) in [5.74, 6) is 0. The summed E-state index contributed by atoms with van der Waals surface area (Å²) in [6, 6.07) is 8.89. The summed E-state index contributed by atoms with van der Waals surface area (Å²) in [4.78, 5) is 4.28. The van der Waals surface area contributed by atoms with Crippen molar-refractivity contribution in [2.75, 3.05) is 5.73 Å². The van der Waals surface area contributed by atoms with Gasteiger partial charge in [-0.2, -0.15) is 13.2 Å². The van der Waals surface area contributed by atoms with Gasteiger partial charge in [0.1, 0.15) is 5.01 Å². The lowest BCUT2D eigenvalue weighted by Crippen LogP contribution is -2.03. The van der Waals surface area contributed by atoms with Crippen molar-refractivity contribution in [1.82, 2.24) is 4.98 Å². The zero-order valence-electron chi connectivity index (χ0n) is 10.4. The fraction of sp³-hybridized carbons (Fsp3) is 0.0714. The maximum Gasteiger partial charge on any atom is 0.416 e. The molecule has 0 unspecified atom stereocenters. The van der Waals surface area contributed by atoms with Crippen LogP contribution in [0.5, 0.6) is 0 Å². The minimum atomic E-state index is -4.37. The first-order valence-corrected chi connectivity index (χ1v) is 7.49. The van der Waals surface area contributed by atoms with E-state index in [1.165, 1.54) is 17.4 Å². The molecule has 2 nitrogen and oxygen atoms in total. The third kappa shape index (κ3) is 2.75. The summed E-state index contributed by atoms with van der Waals surface area (Å²) in [6.07, 6.45) is -4.37. The van der Waals surface area contributed by atoms with Crippen molar-refractivity contribution in [2.24, 2.45) is 0 Å². The van der Waals surface area contributed by atoms with Crippen molar-refractivity contribution >= 4 is 43.2 Å². The van der Waals surface area contributed by atoms with Gasteiger partial charge < -0.3 is 5.73 Å². The average Bonchev–Trinajstić information content (AvgIpc) is 2.83. The topological polar surface area (TPSA) is 38.9 Å². The predicted octanol–water partition coefficient (Wildman–Crippen LogP) is 5.33. The quantitative estimate of drug-likeness (QED) is 0.586. The number of rotatable bonds is 1. The van der Waals surface area contributed by atoms with E-state index in [4.69, 9.17) is 5.73 Å². The van der Waals surface area contributed by atoms with E-state index in [9.17, 15) is 13.2 Å². The lowest BCUT2D eigenvalue weighted by Gasteiger charge is -2.04. The van der Waals surface area contributed by atoms with Crippen LogP contribution in [0.2, 0.25) is 0 Å². The minimum Gasteiger partial charge on any atom is -0.398 e. The first kappa shape index (κ1) is 14.3. The smallest absolute Gasteiger partial charge is 0.398 e. The lowest BCUT2D eigenvalue weighted by atomic mass is 10.2. The molecule has 0 saturated carbocycles. The number of alkyl halides is 3. The molecule has 0 atom stereocenters. The molecule has 0 aliphatic carbocycles. The third-order valence-corrected chi connectivity index (χ3v) is 4.52. The molecule has 1 heterocycles. The fourth-order valence-electron chi connectivity index (χ4n) is 1.93. The number of nitrogens with two attached hydrogens (primary N) is 1. The van der Waals surface area contributed by atoms with E-state index < -0.39 is 11.7 Å². The number of benzene rings is 2. The number of fused-ring (bicyclic) bond motifs is 1. The Hall–Kier alpha value is -1.60. The van der Waals surface area contributed by atoms with E-state index in [1.807, 2.05) is 0 Å². The Morgan fingerprint density at radius 2 is 1.86 bits per heavy atom. The molecule has 21 heavy (non-hydrogen) atoms. The van der Waals surface area contributed by atoms with E-state index in [0.29, 0.717) is 26.5 Å². The maximum absolute atomic E-state index is 12.7. The molecule has 3 rings (SSSR count). The Balaban J connectivity index is 2.15. The fourth-order valence-corrected chi connectivity index (χ4v) is 3.28. The van der Waals surface area contributed by atoms with Gasteiger partial charge in [0.05, 0.1) is 15.8 Å². The van der Waals surface area contributed by atoms with Crippen LogP contribution in [0.1, 0.15) is 5.56 Å². The molecule has 0 fully saturated rings. The Labute approximate surface area is 130 Å². The highest BCUT2D eigenvalue weighted by molar-refractivity contribution is 9.10. The number of nitrogen functional groups attached to an aromatic ring is 1. The molecule has 108 valence electrons. The van der Waals surface area contributed by atoms with Crippen molar-refractivity contribution in [3.63, 3.8) is 0 Å². The van der Waals surface area contributed by atoms with E-state index in [1.54, 1.807) is 18.2 Å². The summed E-state index contributed by atoms with van der Waals surface area (Å²) in [5, 5.41) is 0.600. The molecule has 7 heteroatoms. The summed E-state index contributed by atoms with van der Waals surface area (Å²) in [5.41, 5.74) is 6.77. The second kappa shape index (κ2) is 4.99. The van der Waals surface area contributed by atoms with Gasteiger partial charge in [0.25, 0.3) is 0 Å². The Bertz CT molecular complexity index is 827. The van der Waals surface area contributed by atoms with Crippen molar-refractivity contribution in [3.8, 4) is 10.6 Å². The van der Waals surface area contributed by atoms with Gasteiger partial charge in [-0.15, -0.1) is 11.3 Å². The van der Waals surface area contributed by atoms with Crippen LogP contribution >= 0.6 is 27.3 Å². The highest BCUT2D eigenvalue weighted by Crippen LogP contribution is 2.37. The Morgan fingerprint density at radius 3 is 2.57 bits per heavy atom. The third-order valence-electron chi connectivity index (χ3n) is 2.96. The Morgan fingerprint density at radius 1 is 1.10 bits per heavy atom. The minimum absolute atomic E-state index is 0.323. The standard InChI is InChI=1S/C14H8BrF3N2S/c15-8-2-3-10(19)9(6-8)13-20-11-5-7(14(16,17)18)1-4-12(11)21-13/h1-6H,19H2. The number of thiazole rings is 1. The van der Waals surface area contributed by atoms with Crippen LogP contribution in [0.3, 0.4) is 0 Å². The molecular formula is C14H8BrF3N2S. The maximum atomic E-state index is 12.7. The SMILES string of the molecule is Nc1ccc(Br)cc1-c1nc2cc(C(F)(F)F)ccc2s1. The molecule has 2 aromatic carbocycles. The zero-order valence-corrected chi connectivity index (χ0v) is 12.8. The molecule has 0 saturated heterocycles. The van der Waals surface area contributed by atoms with Crippen molar-refractivity contribution < 1.29 is 13.2 Å². The summed E-state index contributed by atoms with van der Waals surface area (Å²) >= 11 is 4.66. The second-order valence-electron chi connectivity index (χ2n) is 4.43. The molecular weight excluding hydrogens is 365 g/mol. The lowest BCUT2D eigenvalue weighted by molar-refractivity contribution is -0.137. The van der Waals surface area contributed by atoms with Gasteiger partial charge in [0.2, 0.25) is 0 Å². The molecule has 1 aromatic heterocycles. The number of hydrogen-bond acceptors (Lipinski definition) is 3. The Kier molecular flexibility index (Phi) is 3.41. The summed E-state index contributed by atoms with van der Waals surface area (Å²) in [6.45, 7) is 0. The zero-order chi connectivity index (χ0) is 15.2. The molecule has 0 aliphatic rings. The van der Waals surface area contributed by atoms with Gasteiger partial charge in [-0.05, 0) is 36.4 Å². The van der Waals surface area contributed by atoms with Crippen LogP contribution in [-0.2, 0) is 6.18 Å². The molecule has 0 spiro atoms. The van der Waals surface area contributed by atoms with Crippen LogP contribution in [0.15, 0.2) is 40.9 Å². The summed E-state index contributed by atoms with van der Waals surface area (Å²) < 4.78 is 39.7. The predicted molar refractivity (Wildman–Crippen MR) is 82.2 cm³/mol. The second-order valence-corrected chi connectivity index (χ2v) is 6.38. The number of aromatic nitrogens is 1. The number of halogens is 4. The van der Waals surface area contributed by atoms with Crippen LogP contribution < -0.4 is 5.73 Å². The van der Waals surface area contributed by atoms with Crippen LogP contribution in [0.4, 0.5) is 18.9 Å². The average molecular weight is 373 g/mol. The van der Waals surface area contributed by atoms with E-state index in [0.717, 1.165) is 16.6 Å². The number of nitrogens with zero attached hydrogens (tertiary/aromatic N) is 1. The molecule has 0 radical (unpaired) electrons. The molecule has 2 N–H and O–H groups in total. The first-order chi connectivity index (χ1) is 9.84. The molecule has 3 aromatic rings. The van der Waals surface area contributed by atoms with Gasteiger partial charge in [-0.3, -0.25) is 0 Å². The van der Waals surface area contributed by atoms with Crippen molar-refractivity contribution in [1.29, 1.82) is 0 Å². The van der Waals surface area contributed by atoms with Gasteiger partial charge in [-0.1, -0.05) is 15.9 Å². The van der Waals surface area contributed by atoms with E-state index in [2.05, 4.69) is 20.9 Å². The van der Waals surface area contributed by atoms with Gasteiger partial charge in [-0.25, -0.2) is 4.98 Å². The van der Waals surface area contributed by atoms with Crippen molar-refractivity contribution in [2.45, 2.75) is 6.18 Å². The van der Waals surface area contributed by atoms with Gasteiger partial charge in [0.15, 0.2) is 0 Å². The monoisotopic (exact) mass is 372 g/mol. The van der Waals surface area contributed by atoms with E-state index >= 15 is 0 Å². The molecule has 0 amide bonds. The molecule has 0 aliphatic heterocycles. The number of hydrogen-bond donors (Lipinski definition) is 1. The highest BCUT2D eigenvalue weighted by Gasteiger charge is 2.30. The normalized spacial score (nSPS) is 12.0. The van der Waals surface area contributed by atoms with Gasteiger partial charge in [0, 0.05) is 15.7 Å². The van der Waals surface area contributed by atoms with Crippen LogP contribution in [0.25, 0.3) is 20.8 Å². The van der Waals surface area contributed by atoms with E-state index in [-0.39, 0.29) is 0 Å². The first-order valence-electron chi connectivity index (χ1n) is 5.88. The summed E-state index contributed by atoms with van der Waals surface area (Å²) in [7, 11) is 0. The largest absolute Gasteiger partial charge is 0.416 e.